The number of aromatic amines is 1. The van der Waals surface area contributed by atoms with Crippen LogP contribution in [-0.2, 0) is 4.79 Å². The summed E-state index contributed by atoms with van der Waals surface area (Å²) in [5, 5.41) is 3.90. The Balaban J connectivity index is 1.40. The molecular formula is C27H22N4O5. The normalized spacial score (nSPS) is 16.0. The van der Waals surface area contributed by atoms with E-state index in [0.717, 1.165) is 10.9 Å². The number of anilines is 2. The molecule has 2 aliphatic heterocycles. The Bertz CT molecular complexity index is 1560. The fraction of sp³-hybridized carbons (Fsp3) is 0.148. The highest BCUT2D eigenvalue weighted by Crippen LogP contribution is 2.49. The first-order valence-corrected chi connectivity index (χ1v) is 11.4. The molecule has 3 amide bonds. The molecule has 4 aromatic rings. The molecule has 180 valence electrons. The molecule has 0 aliphatic carbocycles. The number of amides is 3. The summed E-state index contributed by atoms with van der Waals surface area (Å²) < 4.78 is 10.9. The van der Waals surface area contributed by atoms with Crippen molar-refractivity contribution in [3.63, 3.8) is 0 Å². The Morgan fingerprint density at radius 2 is 1.83 bits per heavy atom. The zero-order chi connectivity index (χ0) is 25.0. The number of H-pyrrole nitrogens is 1. The van der Waals surface area contributed by atoms with Gasteiger partial charge in [-0.05, 0) is 41.8 Å². The van der Waals surface area contributed by atoms with Crippen LogP contribution in [0.5, 0.6) is 11.5 Å². The average molecular weight is 482 g/mol. The third kappa shape index (κ3) is 3.13. The molecule has 0 unspecified atom stereocenters. The van der Waals surface area contributed by atoms with E-state index in [9.17, 15) is 14.4 Å². The number of ether oxygens (including phenoxy) is 2. The zero-order valence-electron chi connectivity index (χ0n) is 19.6. The Morgan fingerprint density at radius 3 is 2.64 bits per heavy atom. The summed E-state index contributed by atoms with van der Waals surface area (Å²) in [6.07, 6.45) is 1.03. The fourth-order valence-corrected chi connectivity index (χ4v) is 5.07. The summed E-state index contributed by atoms with van der Waals surface area (Å²) in [5.74, 6) is -0.337. The average Bonchev–Trinajstić information content (AvgIpc) is 3.48. The largest absolute Gasteiger partial charge is 0.493 e. The maximum atomic E-state index is 13.7. The number of hydrogen-bond donors (Lipinski definition) is 2. The smallest absolute Gasteiger partial charge is 0.264 e. The van der Waals surface area contributed by atoms with Crippen LogP contribution in [0.15, 0.2) is 66.9 Å². The third-order valence-electron chi connectivity index (χ3n) is 6.64. The van der Waals surface area contributed by atoms with Gasteiger partial charge in [-0.2, -0.15) is 0 Å². The number of methoxy groups -OCH3 is 2. The Labute approximate surface area is 206 Å². The lowest BCUT2D eigenvalue weighted by atomic mass is 10.0. The van der Waals surface area contributed by atoms with Crippen molar-refractivity contribution in [2.45, 2.75) is 6.17 Å². The first kappa shape index (κ1) is 21.7. The van der Waals surface area contributed by atoms with E-state index in [-0.39, 0.29) is 24.3 Å². The van der Waals surface area contributed by atoms with Crippen molar-refractivity contribution in [2.75, 3.05) is 31.0 Å². The van der Waals surface area contributed by atoms with Crippen molar-refractivity contribution >= 4 is 40.0 Å². The van der Waals surface area contributed by atoms with E-state index < -0.39 is 6.17 Å². The lowest BCUT2D eigenvalue weighted by Gasteiger charge is -2.40. The number of nitrogens with one attached hydrogen (secondary N) is 2. The molecule has 3 aromatic carbocycles. The highest BCUT2D eigenvalue weighted by molar-refractivity contribution is 6.18. The van der Waals surface area contributed by atoms with Crippen molar-refractivity contribution in [3.05, 3.63) is 83.6 Å². The molecule has 0 radical (unpaired) electrons. The van der Waals surface area contributed by atoms with Gasteiger partial charge >= 0.3 is 0 Å². The first-order valence-electron chi connectivity index (χ1n) is 11.4. The summed E-state index contributed by atoms with van der Waals surface area (Å²) in [7, 11) is 2.96. The topological polar surface area (TPSA) is 104 Å². The number of nitrogens with zero attached hydrogens (tertiary/aromatic N) is 2. The van der Waals surface area contributed by atoms with Gasteiger partial charge in [-0.15, -0.1) is 0 Å². The molecule has 9 nitrogen and oxygen atoms in total. The summed E-state index contributed by atoms with van der Waals surface area (Å²) in [4.78, 5) is 46.6. The van der Waals surface area contributed by atoms with Crippen molar-refractivity contribution in [3.8, 4) is 11.5 Å². The van der Waals surface area contributed by atoms with Gasteiger partial charge in [0.2, 0.25) is 5.91 Å². The van der Waals surface area contributed by atoms with E-state index >= 15 is 0 Å². The molecule has 36 heavy (non-hydrogen) atoms. The van der Waals surface area contributed by atoms with Crippen LogP contribution in [0.1, 0.15) is 32.4 Å². The quantitative estimate of drug-likeness (QED) is 0.449. The highest BCUT2D eigenvalue weighted by Gasteiger charge is 2.50. The lowest BCUT2D eigenvalue weighted by Crippen LogP contribution is -2.50. The number of benzene rings is 3. The molecule has 0 bridgehead atoms. The minimum Gasteiger partial charge on any atom is -0.493 e. The van der Waals surface area contributed by atoms with Crippen molar-refractivity contribution < 1.29 is 23.9 Å². The number of aromatic nitrogens is 1. The van der Waals surface area contributed by atoms with E-state index in [1.807, 2.05) is 24.4 Å². The fourth-order valence-electron chi connectivity index (χ4n) is 5.07. The van der Waals surface area contributed by atoms with Gasteiger partial charge in [0, 0.05) is 23.0 Å². The van der Waals surface area contributed by atoms with Gasteiger partial charge in [-0.1, -0.05) is 24.3 Å². The number of carbonyl (C=O) groups is 3. The number of hydrogen-bond acceptors (Lipinski definition) is 5. The number of para-hydroxylation sites is 1. The molecule has 0 fully saturated rings. The van der Waals surface area contributed by atoms with Crippen LogP contribution in [0.2, 0.25) is 0 Å². The van der Waals surface area contributed by atoms with Gasteiger partial charge in [-0.25, -0.2) is 0 Å². The molecule has 3 heterocycles. The van der Waals surface area contributed by atoms with E-state index in [1.54, 1.807) is 47.4 Å². The van der Waals surface area contributed by atoms with Crippen molar-refractivity contribution in [1.29, 1.82) is 0 Å². The van der Waals surface area contributed by atoms with E-state index in [2.05, 4.69) is 10.3 Å². The summed E-state index contributed by atoms with van der Waals surface area (Å²) in [6.45, 7) is -0.252. The lowest BCUT2D eigenvalue weighted by molar-refractivity contribution is -0.117. The molecule has 0 spiro atoms. The number of fused-ring (bicyclic) bond motifs is 6. The monoisotopic (exact) mass is 482 g/mol. The first-order chi connectivity index (χ1) is 17.5. The predicted octanol–water partition coefficient (Wildman–Crippen LogP) is 3.94. The van der Waals surface area contributed by atoms with Crippen LogP contribution in [0, 0.1) is 0 Å². The molecule has 0 saturated carbocycles. The third-order valence-corrected chi connectivity index (χ3v) is 6.64. The number of carbonyl (C=O) groups excluding carboxylic acids is 3. The molecule has 1 aromatic heterocycles. The predicted molar refractivity (Wildman–Crippen MR) is 134 cm³/mol. The summed E-state index contributed by atoms with van der Waals surface area (Å²) in [5.41, 5.74) is 3.21. The van der Waals surface area contributed by atoms with Crippen molar-refractivity contribution in [1.82, 2.24) is 9.88 Å². The van der Waals surface area contributed by atoms with E-state index in [0.29, 0.717) is 39.6 Å². The van der Waals surface area contributed by atoms with Crippen molar-refractivity contribution in [2.24, 2.45) is 0 Å². The maximum Gasteiger partial charge on any atom is 0.264 e. The van der Waals surface area contributed by atoms with Gasteiger partial charge in [0.1, 0.15) is 12.7 Å². The second-order valence-corrected chi connectivity index (χ2v) is 8.59. The second kappa shape index (κ2) is 8.16. The zero-order valence-corrected chi connectivity index (χ0v) is 19.6. The van der Waals surface area contributed by atoms with Gasteiger partial charge in [0.15, 0.2) is 11.5 Å². The SMILES string of the molecule is COc1ccc2c(c1OC)C(=O)N1c3ccccc3C(=O)N(CC(=O)Nc3ccc4cc[nH]c4c3)[C@@H]21. The van der Waals surface area contributed by atoms with Crippen LogP contribution in [0.4, 0.5) is 11.4 Å². The van der Waals surface area contributed by atoms with Crippen LogP contribution in [-0.4, -0.2) is 48.4 Å². The summed E-state index contributed by atoms with van der Waals surface area (Å²) >= 11 is 0. The van der Waals surface area contributed by atoms with Gasteiger partial charge in [0.25, 0.3) is 11.8 Å². The van der Waals surface area contributed by atoms with E-state index in [1.165, 1.54) is 19.1 Å². The molecule has 2 aliphatic rings. The minimum absolute atomic E-state index is 0.252. The van der Waals surface area contributed by atoms with Gasteiger partial charge in [0.05, 0.1) is 31.0 Å². The Morgan fingerprint density at radius 1 is 1.00 bits per heavy atom. The number of rotatable bonds is 5. The second-order valence-electron chi connectivity index (χ2n) is 8.59. The molecule has 9 heteroatoms. The Hall–Kier alpha value is -4.79. The molecule has 0 saturated heterocycles. The van der Waals surface area contributed by atoms with Gasteiger partial charge in [-0.3, -0.25) is 19.3 Å². The standard InChI is InChI=1S/C27H22N4O5/c1-35-21-10-9-18-23(24(21)36-2)27(34)31-20-6-4-3-5-17(20)26(33)30(25(18)31)14-22(32)29-16-8-7-15-11-12-28-19(15)13-16/h3-13,25,28H,14H2,1-2H3,(H,29,32)/t25-/m1/s1. The molecular weight excluding hydrogens is 460 g/mol. The van der Waals surface area contributed by atoms with Crippen LogP contribution >= 0.6 is 0 Å². The van der Waals surface area contributed by atoms with Gasteiger partial charge < -0.3 is 24.7 Å². The van der Waals surface area contributed by atoms with Crippen LogP contribution < -0.4 is 19.7 Å². The van der Waals surface area contributed by atoms with Crippen LogP contribution in [0.25, 0.3) is 10.9 Å². The molecule has 1 atom stereocenters. The minimum atomic E-state index is -0.800. The summed E-state index contributed by atoms with van der Waals surface area (Å²) in [6, 6.07) is 17.8. The maximum absolute atomic E-state index is 13.7. The Kier molecular flexibility index (Phi) is 4.92. The highest BCUT2D eigenvalue weighted by atomic mass is 16.5. The van der Waals surface area contributed by atoms with E-state index in [4.69, 9.17) is 9.47 Å². The van der Waals surface area contributed by atoms with Crippen LogP contribution in [0.3, 0.4) is 0 Å². The molecule has 2 N–H and O–H groups in total. The molecule has 6 rings (SSSR count).